The number of aromatic nitrogens is 2. The molecule has 0 saturated carbocycles. The van der Waals surface area contributed by atoms with Crippen molar-refractivity contribution in [3.8, 4) is 0 Å². The number of nitrogens with two attached hydrogens (primary N) is 1. The number of hydrazine groups is 1. The molecule has 2 aliphatic heterocycles. The van der Waals surface area contributed by atoms with Crippen molar-refractivity contribution in [2.45, 2.75) is 24.9 Å². The maximum absolute atomic E-state index is 12.5. The minimum Gasteiger partial charge on any atom is -0.381 e. The minimum absolute atomic E-state index is 0.0588. The molecule has 20 heavy (non-hydrogen) atoms. The van der Waals surface area contributed by atoms with Gasteiger partial charge in [-0.1, -0.05) is 4.49 Å². The van der Waals surface area contributed by atoms with E-state index in [1.165, 1.54) is 0 Å². The molecule has 0 aliphatic carbocycles. The van der Waals surface area contributed by atoms with Gasteiger partial charge in [-0.05, 0) is 0 Å². The quantitative estimate of drug-likeness (QED) is 0.388. The van der Waals surface area contributed by atoms with Gasteiger partial charge in [0.15, 0.2) is 0 Å². The van der Waals surface area contributed by atoms with Crippen LogP contribution in [0.4, 0.5) is 9.80 Å². The van der Waals surface area contributed by atoms with E-state index in [4.69, 9.17) is 10.6 Å². The van der Waals surface area contributed by atoms with Crippen LogP contribution >= 0.6 is 11.5 Å². The van der Waals surface area contributed by atoms with Crippen molar-refractivity contribution in [2.24, 2.45) is 5.84 Å². The van der Waals surface area contributed by atoms with Crippen molar-refractivity contribution in [2.75, 3.05) is 18.6 Å². The number of imide groups is 1. The number of carbonyl (C=O) groups is 2. The lowest BCUT2D eigenvalue weighted by atomic mass is 9.90. The molecule has 9 nitrogen and oxygen atoms in total. The van der Waals surface area contributed by atoms with Crippen molar-refractivity contribution >= 4 is 28.5 Å². The van der Waals surface area contributed by atoms with Gasteiger partial charge in [0.25, 0.3) is 5.91 Å². The summed E-state index contributed by atoms with van der Waals surface area (Å²) >= 11 is 1.08. The molecule has 2 fully saturated rings. The van der Waals surface area contributed by atoms with Crippen LogP contribution < -0.4 is 16.6 Å². The Labute approximate surface area is 118 Å². The molecule has 1 aromatic rings. The first-order valence-corrected chi connectivity index (χ1v) is 6.93. The number of nitrogen functional groups attached to an aromatic ring is 1. The van der Waals surface area contributed by atoms with E-state index in [2.05, 4.69) is 20.3 Å². The molecule has 10 heteroatoms. The van der Waals surface area contributed by atoms with Crippen LogP contribution in [0.15, 0.2) is 0 Å². The van der Waals surface area contributed by atoms with Gasteiger partial charge >= 0.3 is 6.03 Å². The van der Waals surface area contributed by atoms with Crippen LogP contribution in [0.25, 0.3) is 0 Å². The number of nitrogens with one attached hydrogen (secondary N) is 2. The van der Waals surface area contributed by atoms with Gasteiger partial charge in [0, 0.05) is 37.6 Å². The van der Waals surface area contributed by atoms with Crippen LogP contribution in [0.2, 0.25) is 0 Å². The lowest BCUT2D eigenvalue weighted by Gasteiger charge is -2.30. The second-order valence-electron chi connectivity index (χ2n) is 4.71. The molecule has 0 atom stereocenters. The van der Waals surface area contributed by atoms with Gasteiger partial charge in [-0.2, -0.15) is 0 Å². The Kier molecular flexibility index (Phi) is 3.28. The summed E-state index contributed by atoms with van der Waals surface area (Å²) in [6.07, 6.45) is 0.983. The van der Waals surface area contributed by atoms with Crippen molar-refractivity contribution in [1.29, 1.82) is 0 Å². The summed E-state index contributed by atoms with van der Waals surface area (Å²) in [5, 5.41) is 7.20. The minimum atomic E-state index is -0.824. The number of hydrogen-bond donors (Lipinski definition) is 3. The number of anilines is 1. The topological polar surface area (TPSA) is 122 Å². The number of carbonyl (C=O) groups excluding carboxylic acids is 2. The van der Waals surface area contributed by atoms with Gasteiger partial charge in [-0.3, -0.25) is 9.69 Å². The van der Waals surface area contributed by atoms with E-state index in [1.807, 2.05) is 0 Å². The highest BCUT2D eigenvalue weighted by molar-refractivity contribution is 7.10. The molecule has 2 saturated heterocycles. The molecule has 0 bridgehead atoms. The summed E-state index contributed by atoms with van der Waals surface area (Å²) in [5.74, 6) is 5.10. The molecule has 3 rings (SSSR count). The summed E-state index contributed by atoms with van der Waals surface area (Å²) in [5.41, 5.74) is 2.11. The lowest BCUT2D eigenvalue weighted by molar-refractivity contribution is -0.134. The Hall–Kier alpha value is -1.78. The molecule has 3 heterocycles. The molecule has 1 spiro atoms. The van der Waals surface area contributed by atoms with Crippen LogP contribution in [-0.2, 0) is 16.1 Å². The summed E-state index contributed by atoms with van der Waals surface area (Å²) in [7, 11) is 0. The third kappa shape index (κ3) is 2.01. The van der Waals surface area contributed by atoms with Gasteiger partial charge in [0.2, 0.25) is 0 Å². The summed E-state index contributed by atoms with van der Waals surface area (Å²) in [6.45, 7) is 0.991. The predicted octanol–water partition coefficient (Wildman–Crippen LogP) is -0.575. The molecule has 3 amide bonds. The van der Waals surface area contributed by atoms with E-state index >= 15 is 0 Å². The van der Waals surface area contributed by atoms with Crippen molar-refractivity contribution < 1.29 is 14.3 Å². The average Bonchev–Trinajstić information content (AvgIpc) is 2.99. The highest BCUT2D eigenvalue weighted by Gasteiger charge is 2.51. The molecule has 1 aromatic heterocycles. The average molecular weight is 298 g/mol. The number of urea groups is 1. The van der Waals surface area contributed by atoms with E-state index < -0.39 is 11.6 Å². The maximum atomic E-state index is 12.5. The smallest absolute Gasteiger partial charge is 0.325 e. The normalized spacial score (nSPS) is 21.4. The second kappa shape index (κ2) is 4.96. The fourth-order valence-corrected chi connectivity index (χ4v) is 2.93. The second-order valence-corrected chi connectivity index (χ2v) is 5.46. The van der Waals surface area contributed by atoms with Crippen LogP contribution in [-0.4, -0.2) is 45.2 Å². The number of amides is 3. The number of ether oxygens (including phenoxy) is 1. The zero-order chi connectivity index (χ0) is 14.2. The zero-order valence-corrected chi connectivity index (χ0v) is 11.4. The van der Waals surface area contributed by atoms with E-state index in [1.54, 1.807) is 0 Å². The van der Waals surface area contributed by atoms with Crippen LogP contribution in [0.1, 0.15) is 18.5 Å². The molecular formula is C10H14N6O3S. The van der Waals surface area contributed by atoms with Gasteiger partial charge in [-0.15, -0.1) is 5.10 Å². The Morgan fingerprint density at radius 3 is 2.90 bits per heavy atom. The Bertz CT molecular complexity index is 541. The Balaban J connectivity index is 1.80. The van der Waals surface area contributed by atoms with Gasteiger partial charge < -0.3 is 15.5 Å². The first-order chi connectivity index (χ1) is 9.66. The van der Waals surface area contributed by atoms with Crippen LogP contribution in [0, 0.1) is 0 Å². The molecule has 0 aromatic carbocycles. The summed E-state index contributed by atoms with van der Waals surface area (Å²) < 4.78 is 9.00. The van der Waals surface area contributed by atoms with Crippen LogP contribution in [0.3, 0.4) is 0 Å². The van der Waals surface area contributed by atoms with E-state index in [-0.39, 0.29) is 12.5 Å². The van der Waals surface area contributed by atoms with E-state index in [0.717, 1.165) is 16.4 Å². The fourth-order valence-electron chi connectivity index (χ4n) is 2.45. The predicted molar refractivity (Wildman–Crippen MR) is 69.6 cm³/mol. The SMILES string of the molecule is NNc1snnc1CN1C(=O)NC2(CCOCC2)C1=O. The zero-order valence-electron chi connectivity index (χ0n) is 10.6. The Morgan fingerprint density at radius 1 is 1.45 bits per heavy atom. The highest BCUT2D eigenvalue weighted by atomic mass is 32.1. The lowest BCUT2D eigenvalue weighted by Crippen LogP contribution is -2.51. The summed E-state index contributed by atoms with van der Waals surface area (Å²) in [4.78, 5) is 25.7. The first kappa shape index (κ1) is 13.2. The summed E-state index contributed by atoms with van der Waals surface area (Å²) in [6, 6.07) is -0.409. The number of nitrogens with zero attached hydrogens (tertiary/aromatic N) is 3. The molecule has 0 unspecified atom stereocenters. The van der Waals surface area contributed by atoms with Gasteiger partial charge in [-0.25, -0.2) is 10.6 Å². The standard InChI is InChI=1S/C10H14N6O3S/c11-13-7-6(14-15-20-7)5-16-8(17)10(12-9(16)18)1-3-19-4-2-10/h13H,1-5,11H2,(H,12,18). The molecular weight excluding hydrogens is 284 g/mol. The third-order valence-electron chi connectivity index (χ3n) is 3.59. The maximum Gasteiger partial charge on any atom is 0.325 e. The highest BCUT2D eigenvalue weighted by Crippen LogP contribution is 2.30. The monoisotopic (exact) mass is 298 g/mol. The molecule has 4 N–H and O–H groups in total. The largest absolute Gasteiger partial charge is 0.381 e. The van der Waals surface area contributed by atoms with Crippen molar-refractivity contribution in [3.63, 3.8) is 0 Å². The van der Waals surface area contributed by atoms with Gasteiger partial charge in [0.05, 0.1) is 6.54 Å². The van der Waals surface area contributed by atoms with Gasteiger partial charge in [0.1, 0.15) is 16.2 Å². The van der Waals surface area contributed by atoms with Crippen molar-refractivity contribution in [3.05, 3.63) is 5.69 Å². The molecule has 2 aliphatic rings. The molecule has 108 valence electrons. The van der Waals surface area contributed by atoms with Crippen molar-refractivity contribution in [1.82, 2.24) is 19.8 Å². The molecule has 0 radical (unpaired) electrons. The van der Waals surface area contributed by atoms with Crippen LogP contribution in [0.5, 0.6) is 0 Å². The first-order valence-electron chi connectivity index (χ1n) is 6.16. The number of rotatable bonds is 3. The Morgan fingerprint density at radius 2 is 2.20 bits per heavy atom. The van der Waals surface area contributed by atoms with E-state index in [0.29, 0.717) is 36.8 Å². The third-order valence-corrected chi connectivity index (χ3v) is 4.29. The number of hydrogen-bond acceptors (Lipinski definition) is 8. The van der Waals surface area contributed by atoms with E-state index in [9.17, 15) is 9.59 Å². The fraction of sp³-hybridized carbons (Fsp3) is 0.600.